The predicted molar refractivity (Wildman–Crippen MR) is 73.9 cm³/mol. The van der Waals surface area contributed by atoms with Crippen LogP contribution in [-0.2, 0) is 17.8 Å². The van der Waals surface area contributed by atoms with E-state index in [1.165, 1.54) is 6.07 Å². The molecular weight excluding hydrogens is 242 g/mol. The first kappa shape index (κ1) is 13.8. The Hall–Kier alpha value is -1.62. The van der Waals surface area contributed by atoms with Gasteiger partial charge in [0.15, 0.2) is 0 Å². The monoisotopic (exact) mass is 263 g/mol. The molecule has 5 heteroatoms. The molecule has 0 saturated heterocycles. The number of likely N-dealkylation sites (N-methyl/N-ethyl adjacent to an activating group) is 1. The number of amides is 1. The second-order valence-electron chi connectivity index (χ2n) is 5.07. The van der Waals surface area contributed by atoms with E-state index < -0.39 is 0 Å². The molecule has 1 aliphatic carbocycles. The topological polar surface area (TPSA) is 68.3 Å². The molecule has 0 radical (unpaired) electrons. The molecule has 1 amide bonds. The highest BCUT2D eigenvalue weighted by Gasteiger charge is 2.21. The lowest BCUT2D eigenvalue weighted by Gasteiger charge is -2.26. The molecule has 0 bridgehead atoms. The van der Waals surface area contributed by atoms with Gasteiger partial charge >= 0.3 is 0 Å². The average molecular weight is 263 g/mol. The van der Waals surface area contributed by atoms with E-state index in [9.17, 15) is 9.59 Å². The fraction of sp³-hybridized carbons (Fsp3) is 0.571. The number of carbonyl (C=O) groups is 1. The van der Waals surface area contributed by atoms with Crippen LogP contribution < -0.4 is 11.3 Å². The Morgan fingerprint density at radius 1 is 1.53 bits per heavy atom. The molecule has 0 aromatic carbocycles. The van der Waals surface area contributed by atoms with Gasteiger partial charge in [-0.25, -0.2) is 0 Å². The maximum Gasteiger partial charge on any atom is 0.251 e. The summed E-state index contributed by atoms with van der Waals surface area (Å²) in [6, 6.07) is 3.31. The summed E-state index contributed by atoms with van der Waals surface area (Å²) in [5.74, 6) is -0.0443. The normalized spacial score (nSPS) is 17.9. The van der Waals surface area contributed by atoms with Gasteiger partial charge in [-0.1, -0.05) is 6.07 Å². The highest BCUT2D eigenvalue weighted by atomic mass is 16.2. The molecule has 5 nitrogen and oxygen atoms in total. The standard InChI is InChI=1S/C14H21N3O2/c1-3-16(2)14(19)9-17-12-6-4-5-11(15)10(12)7-8-13(17)18/h7-8,11H,3-6,9,15H2,1-2H3. The molecule has 1 aromatic rings. The molecule has 0 spiro atoms. The average Bonchev–Trinajstić information content (AvgIpc) is 2.41. The van der Waals surface area contributed by atoms with Crippen molar-refractivity contribution in [1.82, 2.24) is 9.47 Å². The van der Waals surface area contributed by atoms with Gasteiger partial charge in [0, 0.05) is 31.4 Å². The number of fused-ring (bicyclic) bond motifs is 1. The van der Waals surface area contributed by atoms with Gasteiger partial charge in [0.05, 0.1) is 0 Å². The number of aromatic nitrogens is 1. The van der Waals surface area contributed by atoms with Crippen LogP contribution in [-0.4, -0.2) is 29.0 Å². The predicted octanol–water partition coefficient (Wildman–Crippen LogP) is 0.663. The van der Waals surface area contributed by atoms with E-state index in [2.05, 4.69) is 0 Å². The van der Waals surface area contributed by atoms with Gasteiger partial charge in [0.1, 0.15) is 6.54 Å². The zero-order chi connectivity index (χ0) is 14.0. The van der Waals surface area contributed by atoms with Crippen LogP contribution in [0.25, 0.3) is 0 Å². The van der Waals surface area contributed by atoms with E-state index in [1.807, 2.05) is 13.0 Å². The number of pyridine rings is 1. The number of carbonyl (C=O) groups excluding carboxylic acids is 1. The third kappa shape index (κ3) is 2.71. The van der Waals surface area contributed by atoms with Crippen molar-refractivity contribution in [2.24, 2.45) is 5.73 Å². The number of nitrogens with zero attached hydrogens (tertiary/aromatic N) is 2. The summed E-state index contributed by atoms with van der Waals surface area (Å²) in [4.78, 5) is 25.6. The van der Waals surface area contributed by atoms with Crippen LogP contribution in [0.2, 0.25) is 0 Å². The molecule has 0 fully saturated rings. The first-order valence-corrected chi connectivity index (χ1v) is 6.76. The minimum atomic E-state index is -0.120. The molecule has 2 rings (SSSR count). The molecule has 2 N–H and O–H groups in total. The summed E-state index contributed by atoms with van der Waals surface area (Å²) in [5.41, 5.74) is 7.90. The fourth-order valence-electron chi connectivity index (χ4n) is 2.50. The highest BCUT2D eigenvalue weighted by Crippen LogP contribution is 2.26. The van der Waals surface area contributed by atoms with Crippen molar-refractivity contribution in [1.29, 1.82) is 0 Å². The summed E-state index contributed by atoms with van der Waals surface area (Å²) >= 11 is 0. The van der Waals surface area contributed by atoms with Crippen molar-refractivity contribution in [3.8, 4) is 0 Å². The van der Waals surface area contributed by atoms with E-state index in [-0.39, 0.29) is 24.1 Å². The Balaban J connectivity index is 2.37. The molecule has 0 aliphatic heterocycles. The number of nitrogens with two attached hydrogens (primary N) is 1. The van der Waals surface area contributed by atoms with Crippen LogP contribution in [0.5, 0.6) is 0 Å². The van der Waals surface area contributed by atoms with Gasteiger partial charge in [-0.15, -0.1) is 0 Å². The third-order valence-electron chi connectivity index (χ3n) is 3.85. The Morgan fingerprint density at radius 2 is 2.26 bits per heavy atom. The van der Waals surface area contributed by atoms with Crippen molar-refractivity contribution in [3.05, 3.63) is 33.7 Å². The lowest BCUT2D eigenvalue weighted by Crippen LogP contribution is -2.36. The smallest absolute Gasteiger partial charge is 0.251 e. The maximum absolute atomic E-state index is 12.0. The molecule has 1 heterocycles. The van der Waals surface area contributed by atoms with E-state index in [1.54, 1.807) is 16.5 Å². The molecule has 0 saturated carbocycles. The van der Waals surface area contributed by atoms with Crippen LogP contribution >= 0.6 is 0 Å². The largest absolute Gasteiger partial charge is 0.344 e. The Kier molecular flexibility index (Phi) is 4.04. The molecular formula is C14H21N3O2. The summed E-state index contributed by atoms with van der Waals surface area (Å²) in [7, 11) is 1.74. The van der Waals surface area contributed by atoms with Crippen molar-refractivity contribution in [3.63, 3.8) is 0 Å². The number of rotatable bonds is 3. The number of hydrogen-bond acceptors (Lipinski definition) is 3. The summed E-state index contributed by atoms with van der Waals surface area (Å²) < 4.78 is 1.59. The Morgan fingerprint density at radius 3 is 2.95 bits per heavy atom. The molecule has 104 valence electrons. The van der Waals surface area contributed by atoms with E-state index in [4.69, 9.17) is 5.73 Å². The van der Waals surface area contributed by atoms with Crippen molar-refractivity contribution in [2.75, 3.05) is 13.6 Å². The first-order valence-electron chi connectivity index (χ1n) is 6.76. The van der Waals surface area contributed by atoms with Gasteiger partial charge in [-0.2, -0.15) is 0 Å². The lowest BCUT2D eigenvalue weighted by atomic mass is 9.91. The van der Waals surface area contributed by atoms with E-state index in [0.29, 0.717) is 6.54 Å². The van der Waals surface area contributed by atoms with Crippen LogP contribution in [0.15, 0.2) is 16.9 Å². The van der Waals surface area contributed by atoms with Crippen molar-refractivity contribution < 1.29 is 4.79 Å². The molecule has 1 unspecified atom stereocenters. The highest BCUT2D eigenvalue weighted by molar-refractivity contribution is 5.75. The van der Waals surface area contributed by atoms with E-state index in [0.717, 1.165) is 30.5 Å². The fourth-order valence-corrected chi connectivity index (χ4v) is 2.50. The van der Waals surface area contributed by atoms with Gasteiger partial charge in [0.2, 0.25) is 5.91 Å². The second kappa shape index (κ2) is 5.57. The molecule has 1 aliphatic rings. The summed E-state index contributed by atoms with van der Waals surface area (Å²) in [5, 5.41) is 0. The lowest BCUT2D eigenvalue weighted by molar-refractivity contribution is -0.130. The number of hydrogen-bond donors (Lipinski definition) is 1. The minimum absolute atomic E-state index is 0.0189. The van der Waals surface area contributed by atoms with Gasteiger partial charge in [-0.3, -0.25) is 9.59 Å². The van der Waals surface area contributed by atoms with E-state index >= 15 is 0 Å². The third-order valence-corrected chi connectivity index (χ3v) is 3.85. The SMILES string of the molecule is CCN(C)C(=O)Cn1c2c(ccc1=O)C(N)CCC2. The molecule has 19 heavy (non-hydrogen) atoms. The summed E-state index contributed by atoms with van der Waals surface area (Å²) in [6.45, 7) is 2.66. The molecule has 1 aromatic heterocycles. The van der Waals surface area contributed by atoms with Crippen molar-refractivity contribution in [2.45, 2.75) is 38.8 Å². The van der Waals surface area contributed by atoms with Crippen LogP contribution in [0, 0.1) is 0 Å². The van der Waals surface area contributed by atoms with Gasteiger partial charge in [-0.05, 0) is 31.7 Å². The second-order valence-corrected chi connectivity index (χ2v) is 5.07. The Labute approximate surface area is 113 Å². The minimum Gasteiger partial charge on any atom is -0.344 e. The van der Waals surface area contributed by atoms with Crippen LogP contribution in [0.3, 0.4) is 0 Å². The zero-order valence-electron chi connectivity index (χ0n) is 11.6. The quantitative estimate of drug-likeness (QED) is 0.871. The maximum atomic E-state index is 12.0. The zero-order valence-corrected chi connectivity index (χ0v) is 11.6. The first-order chi connectivity index (χ1) is 9.04. The van der Waals surface area contributed by atoms with Gasteiger partial charge < -0.3 is 15.2 Å². The summed E-state index contributed by atoms with van der Waals surface area (Å²) in [6.07, 6.45) is 2.73. The van der Waals surface area contributed by atoms with Gasteiger partial charge in [0.25, 0.3) is 5.56 Å². The van der Waals surface area contributed by atoms with Crippen LogP contribution in [0.4, 0.5) is 0 Å². The Bertz CT molecular complexity index is 536. The van der Waals surface area contributed by atoms with Crippen molar-refractivity contribution >= 4 is 5.91 Å². The van der Waals surface area contributed by atoms with Crippen LogP contribution in [0.1, 0.15) is 37.1 Å². The molecule has 1 atom stereocenters.